The smallest absolute Gasteiger partial charge is 0.227 e. The number of ether oxygens (including phenoxy) is 1. The van der Waals surface area contributed by atoms with Gasteiger partial charge in [-0.25, -0.2) is 4.98 Å². The van der Waals surface area contributed by atoms with Crippen molar-refractivity contribution in [3.8, 4) is 5.88 Å². The number of piperazine rings is 1. The lowest BCUT2D eigenvalue weighted by molar-refractivity contribution is -0.136. The van der Waals surface area contributed by atoms with Gasteiger partial charge in [-0.05, 0) is 13.1 Å². The number of rotatable bonds is 5. The molecule has 1 aromatic heterocycles. The van der Waals surface area contributed by atoms with Crippen molar-refractivity contribution >= 4 is 5.91 Å². The average molecular weight is 292 g/mol. The highest BCUT2D eigenvalue weighted by molar-refractivity contribution is 5.79. The molecule has 0 saturated carbocycles. The molecule has 1 atom stereocenters. The molecule has 1 aromatic rings. The van der Waals surface area contributed by atoms with Gasteiger partial charge in [0.25, 0.3) is 0 Å². The van der Waals surface area contributed by atoms with Gasteiger partial charge in [0.1, 0.15) is 0 Å². The van der Waals surface area contributed by atoms with Crippen LogP contribution >= 0.6 is 0 Å². The van der Waals surface area contributed by atoms with Gasteiger partial charge >= 0.3 is 0 Å². The number of likely N-dealkylation sites (N-methyl/N-ethyl adjacent to an activating group) is 1. The van der Waals surface area contributed by atoms with Gasteiger partial charge in [-0.15, -0.1) is 0 Å². The third kappa shape index (κ3) is 4.15. The maximum Gasteiger partial charge on any atom is 0.227 e. The Morgan fingerprint density at radius 2 is 2.10 bits per heavy atom. The van der Waals surface area contributed by atoms with Crippen LogP contribution in [0.4, 0.5) is 0 Å². The average Bonchev–Trinajstić information content (AvgIpc) is 2.53. The maximum absolute atomic E-state index is 12.6. The highest BCUT2D eigenvalue weighted by Gasteiger charge is 2.26. The molecule has 1 aliphatic rings. The highest BCUT2D eigenvalue weighted by Crippen LogP contribution is 2.14. The van der Waals surface area contributed by atoms with E-state index in [1.807, 2.05) is 17.0 Å². The summed E-state index contributed by atoms with van der Waals surface area (Å²) in [6.45, 7) is 3.72. The van der Waals surface area contributed by atoms with E-state index in [9.17, 15) is 4.79 Å². The van der Waals surface area contributed by atoms with Crippen LogP contribution in [0.25, 0.3) is 0 Å². The van der Waals surface area contributed by atoms with Gasteiger partial charge in [0.15, 0.2) is 0 Å². The van der Waals surface area contributed by atoms with Crippen LogP contribution in [0.15, 0.2) is 18.2 Å². The predicted octanol–water partition coefficient (Wildman–Crippen LogP) is -0.0184. The Bertz CT molecular complexity index is 472. The van der Waals surface area contributed by atoms with E-state index in [1.165, 1.54) is 0 Å². The van der Waals surface area contributed by atoms with Crippen LogP contribution < -0.4 is 10.5 Å². The molecule has 2 heterocycles. The molecule has 116 valence electrons. The molecule has 21 heavy (non-hydrogen) atoms. The van der Waals surface area contributed by atoms with Crippen LogP contribution in [0.2, 0.25) is 0 Å². The molecule has 0 spiro atoms. The van der Waals surface area contributed by atoms with Gasteiger partial charge in [-0.1, -0.05) is 6.07 Å². The van der Waals surface area contributed by atoms with Crippen molar-refractivity contribution in [1.29, 1.82) is 0 Å². The van der Waals surface area contributed by atoms with Crippen LogP contribution in [0, 0.1) is 5.92 Å². The van der Waals surface area contributed by atoms with Crippen LogP contribution in [0.3, 0.4) is 0 Å². The third-order valence-electron chi connectivity index (χ3n) is 3.89. The summed E-state index contributed by atoms with van der Waals surface area (Å²) in [4.78, 5) is 21.1. The molecule has 0 bridgehead atoms. The first-order valence-corrected chi connectivity index (χ1v) is 7.31. The predicted molar refractivity (Wildman–Crippen MR) is 81.1 cm³/mol. The number of carbonyl (C=O) groups is 1. The molecule has 2 N–H and O–H groups in total. The molecule has 1 fully saturated rings. The van der Waals surface area contributed by atoms with E-state index in [2.05, 4.69) is 16.9 Å². The van der Waals surface area contributed by atoms with E-state index in [0.29, 0.717) is 18.8 Å². The minimum atomic E-state index is -0.215. The summed E-state index contributed by atoms with van der Waals surface area (Å²) in [5.74, 6) is 0.485. The van der Waals surface area contributed by atoms with Gasteiger partial charge in [-0.2, -0.15) is 0 Å². The summed E-state index contributed by atoms with van der Waals surface area (Å²) in [6.07, 6.45) is 0.554. The summed E-state index contributed by atoms with van der Waals surface area (Å²) in [7, 11) is 3.66. The van der Waals surface area contributed by atoms with E-state index < -0.39 is 0 Å². The number of pyridine rings is 1. The topological polar surface area (TPSA) is 71.7 Å². The molecule has 0 aliphatic carbocycles. The fourth-order valence-corrected chi connectivity index (χ4v) is 2.49. The zero-order chi connectivity index (χ0) is 15.2. The minimum absolute atomic E-state index is 0.134. The van der Waals surface area contributed by atoms with Crippen LogP contribution in [0.1, 0.15) is 5.69 Å². The molecule has 2 rings (SSSR count). The lowest BCUT2D eigenvalue weighted by atomic mass is 10.0. The summed E-state index contributed by atoms with van der Waals surface area (Å²) in [5.41, 5.74) is 6.65. The molecule has 0 radical (unpaired) electrons. The van der Waals surface area contributed by atoms with E-state index in [0.717, 1.165) is 31.9 Å². The molecule has 1 amide bonds. The first kappa shape index (κ1) is 15.7. The summed E-state index contributed by atoms with van der Waals surface area (Å²) in [5, 5.41) is 0. The van der Waals surface area contributed by atoms with Gasteiger partial charge in [0.05, 0.1) is 13.0 Å². The lowest BCUT2D eigenvalue weighted by Gasteiger charge is -2.34. The lowest BCUT2D eigenvalue weighted by Crippen LogP contribution is -2.50. The number of hydrogen-bond acceptors (Lipinski definition) is 5. The zero-order valence-corrected chi connectivity index (χ0v) is 12.8. The van der Waals surface area contributed by atoms with E-state index in [-0.39, 0.29) is 11.8 Å². The molecule has 1 aliphatic heterocycles. The minimum Gasteiger partial charge on any atom is -0.481 e. The Hall–Kier alpha value is -1.66. The van der Waals surface area contributed by atoms with Crippen molar-refractivity contribution in [3.63, 3.8) is 0 Å². The molecular formula is C15H24N4O2. The standard InChI is InChI=1S/C15H24N4O2/c1-18-6-8-19(9-7-18)15(20)12(11-16)10-13-4-3-5-14(17-13)21-2/h3-5,12H,6-11,16H2,1-2H3. The van der Waals surface area contributed by atoms with Gasteiger partial charge < -0.3 is 20.3 Å². The molecule has 1 saturated heterocycles. The maximum atomic E-state index is 12.6. The van der Waals surface area contributed by atoms with Crippen molar-refractivity contribution in [1.82, 2.24) is 14.8 Å². The SMILES string of the molecule is COc1cccc(CC(CN)C(=O)N2CCN(C)CC2)n1. The highest BCUT2D eigenvalue weighted by atomic mass is 16.5. The number of methoxy groups -OCH3 is 1. The number of amides is 1. The Kier molecular flexibility index (Phi) is 5.52. The monoisotopic (exact) mass is 292 g/mol. The van der Waals surface area contributed by atoms with E-state index in [4.69, 9.17) is 10.5 Å². The Morgan fingerprint density at radius 1 is 1.38 bits per heavy atom. The summed E-state index contributed by atoms with van der Waals surface area (Å²) >= 11 is 0. The molecule has 0 aromatic carbocycles. The quantitative estimate of drug-likeness (QED) is 0.826. The molecular weight excluding hydrogens is 268 g/mol. The summed E-state index contributed by atoms with van der Waals surface area (Å²) < 4.78 is 5.12. The Labute approximate surface area is 125 Å². The first-order chi connectivity index (χ1) is 10.1. The van der Waals surface area contributed by atoms with Crippen molar-refractivity contribution < 1.29 is 9.53 Å². The number of hydrogen-bond donors (Lipinski definition) is 1. The normalized spacial score (nSPS) is 17.6. The second-order valence-corrected chi connectivity index (χ2v) is 5.44. The first-order valence-electron chi connectivity index (χ1n) is 7.31. The zero-order valence-electron chi connectivity index (χ0n) is 12.8. The van der Waals surface area contributed by atoms with Crippen molar-refractivity contribution in [2.75, 3.05) is 46.9 Å². The second kappa shape index (κ2) is 7.38. The molecule has 6 heteroatoms. The number of aromatic nitrogens is 1. The Balaban J connectivity index is 2.00. The fourth-order valence-electron chi connectivity index (χ4n) is 2.49. The van der Waals surface area contributed by atoms with Crippen molar-refractivity contribution in [2.24, 2.45) is 11.7 Å². The second-order valence-electron chi connectivity index (χ2n) is 5.44. The van der Waals surface area contributed by atoms with E-state index >= 15 is 0 Å². The third-order valence-corrected chi connectivity index (χ3v) is 3.89. The summed E-state index contributed by atoms with van der Waals surface area (Å²) in [6, 6.07) is 5.58. The van der Waals surface area contributed by atoms with Crippen LogP contribution in [-0.4, -0.2) is 67.6 Å². The van der Waals surface area contributed by atoms with Crippen LogP contribution in [0.5, 0.6) is 5.88 Å². The number of carbonyl (C=O) groups excluding carboxylic acids is 1. The fraction of sp³-hybridized carbons (Fsp3) is 0.600. The van der Waals surface area contributed by atoms with Gasteiger partial charge in [0, 0.05) is 50.9 Å². The van der Waals surface area contributed by atoms with Gasteiger partial charge in [0.2, 0.25) is 11.8 Å². The van der Waals surface area contributed by atoms with Crippen molar-refractivity contribution in [2.45, 2.75) is 6.42 Å². The van der Waals surface area contributed by atoms with Crippen LogP contribution in [-0.2, 0) is 11.2 Å². The number of nitrogens with two attached hydrogens (primary N) is 1. The van der Waals surface area contributed by atoms with E-state index in [1.54, 1.807) is 13.2 Å². The molecule has 6 nitrogen and oxygen atoms in total. The van der Waals surface area contributed by atoms with Gasteiger partial charge in [-0.3, -0.25) is 4.79 Å². The largest absolute Gasteiger partial charge is 0.481 e. The molecule has 1 unspecified atom stereocenters. The number of nitrogens with zero attached hydrogens (tertiary/aromatic N) is 3. The Morgan fingerprint density at radius 3 is 2.71 bits per heavy atom. The van der Waals surface area contributed by atoms with Crippen molar-refractivity contribution in [3.05, 3.63) is 23.9 Å².